The lowest BCUT2D eigenvalue weighted by molar-refractivity contribution is -0.140. The monoisotopic (exact) mass is 328 g/mol. The number of carboxylic acids is 1. The lowest BCUT2D eigenvalue weighted by Gasteiger charge is -2.18. The van der Waals surface area contributed by atoms with E-state index in [1.807, 2.05) is 13.0 Å². The van der Waals surface area contributed by atoms with Crippen LogP contribution in [0.15, 0.2) is 22.7 Å². The summed E-state index contributed by atoms with van der Waals surface area (Å²) in [5, 5.41) is 14.1. The van der Waals surface area contributed by atoms with Gasteiger partial charge in [0.05, 0.1) is 0 Å². The summed E-state index contributed by atoms with van der Waals surface area (Å²) in [6.07, 6.45) is 0. The summed E-state index contributed by atoms with van der Waals surface area (Å²) in [5.41, 5.74) is 1.52. The average Bonchev–Trinajstić information content (AvgIpc) is 2.31. The Labute approximate surface area is 120 Å². The van der Waals surface area contributed by atoms with Gasteiger partial charge < -0.3 is 15.7 Å². The third-order valence-corrected chi connectivity index (χ3v) is 3.59. The van der Waals surface area contributed by atoms with Crippen LogP contribution in [-0.2, 0) is 4.79 Å². The first kappa shape index (κ1) is 15.5. The van der Waals surface area contributed by atoms with Crippen LogP contribution >= 0.6 is 15.9 Å². The fraction of sp³-hybridized carbons (Fsp3) is 0.385. The van der Waals surface area contributed by atoms with Gasteiger partial charge in [0.1, 0.15) is 6.04 Å². The van der Waals surface area contributed by atoms with Gasteiger partial charge in [-0.25, -0.2) is 9.59 Å². The zero-order valence-corrected chi connectivity index (χ0v) is 12.6. The van der Waals surface area contributed by atoms with E-state index < -0.39 is 18.0 Å². The number of hydrogen-bond donors (Lipinski definition) is 3. The summed E-state index contributed by atoms with van der Waals surface area (Å²) < 4.78 is 0.879. The molecule has 0 radical (unpaired) electrons. The Kier molecular flexibility index (Phi) is 5.35. The van der Waals surface area contributed by atoms with Crippen molar-refractivity contribution in [1.29, 1.82) is 0 Å². The second-order valence-electron chi connectivity index (χ2n) is 4.57. The molecule has 0 aromatic heterocycles. The van der Waals surface area contributed by atoms with Gasteiger partial charge in [-0.1, -0.05) is 35.8 Å². The standard InChI is InChI=1S/C13H17BrN2O3/c1-7(2)11(12(17)18)16-13(19)15-10-6-4-5-9(14)8(10)3/h4-7,11H,1-3H3,(H,17,18)(H2,15,16,19). The third kappa shape index (κ3) is 4.24. The largest absolute Gasteiger partial charge is 0.480 e. The quantitative estimate of drug-likeness (QED) is 0.795. The number of nitrogens with one attached hydrogen (secondary N) is 2. The van der Waals surface area contributed by atoms with Crippen molar-refractivity contribution in [2.75, 3.05) is 5.32 Å². The lowest BCUT2D eigenvalue weighted by Crippen LogP contribution is -2.46. The molecule has 0 saturated carbocycles. The van der Waals surface area contributed by atoms with Gasteiger partial charge in [0.25, 0.3) is 0 Å². The molecule has 1 rings (SSSR count). The molecule has 0 saturated heterocycles. The first-order valence-electron chi connectivity index (χ1n) is 5.88. The summed E-state index contributed by atoms with van der Waals surface area (Å²) in [4.78, 5) is 22.8. The fourth-order valence-electron chi connectivity index (χ4n) is 1.56. The molecule has 1 aromatic rings. The van der Waals surface area contributed by atoms with E-state index in [1.165, 1.54) is 0 Å². The topological polar surface area (TPSA) is 78.4 Å². The highest BCUT2D eigenvalue weighted by molar-refractivity contribution is 9.10. The van der Waals surface area contributed by atoms with Gasteiger partial charge in [-0.15, -0.1) is 0 Å². The summed E-state index contributed by atoms with van der Waals surface area (Å²) >= 11 is 3.37. The second kappa shape index (κ2) is 6.56. The van der Waals surface area contributed by atoms with E-state index in [4.69, 9.17) is 5.11 Å². The van der Waals surface area contributed by atoms with Crippen molar-refractivity contribution in [3.63, 3.8) is 0 Å². The summed E-state index contributed by atoms with van der Waals surface area (Å²) in [7, 11) is 0. The smallest absolute Gasteiger partial charge is 0.326 e. The molecule has 1 aromatic carbocycles. The zero-order valence-electron chi connectivity index (χ0n) is 11.0. The highest BCUT2D eigenvalue weighted by atomic mass is 79.9. The van der Waals surface area contributed by atoms with Gasteiger partial charge in [-0.05, 0) is 30.5 Å². The number of carbonyl (C=O) groups excluding carboxylic acids is 1. The molecule has 0 spiro atoms. The van der Waals surface area contributed by atoms with E-state index in [0.29, 0.717) is 5.69 Å². The summed E-state index contributed by atoms with van der Waals surface area (Å²) in [6, 6.07) is 3.98. The molecule has 0 aliphatic heterocycles. The minimum absolute atomic E-state index is 0.188. The van der Waals surface area contributed by atoms with Crippen LogP contribution in [-0.4, -0.2) is 23.1 Å². The Morgan fingerprint density at radius 1 is 1.32 bits per heavy atom. The number of halogens is 1. The fourth-order valence-corrected chi connectivity index (χ4v) is 1.92. The number of aliphatic carboxylic acids is 1. The van der Waals surface area contributed by atoms with Gasteiger partial charge in [-0.3, -0.25) is 0 Å². The normalized spacial score (nSPS) is 12.1. The molecule has 6 heteroatoms. The highest BCUT2D eigenvalue weighted by Crippen LogP contribution is 2.23. The molecule has 2 amide bonds. The van der Waals surface area contributed by atoms with Crippen LogP contribution in [0, 0.1) is 12.8 Å². The minimum Gasteiger partial charge on any atom is -0.480 e. The number of urea groups is 1. The maximum Gasteiger partial charge on any atom is 0.326 e. The number of amides is 2. The average molecular weight is 329 g/mol. The van der Waals surface area contributed by atoms with Gasteiger partial charge in [0, 0.05) is 10.2 Å². The van der Waals surface area contributed by atoms with E-state index in [9.17, 15) is 9.59 Å². The molecule has 0 heterocycles. The van der Waals surface area contributed by atoms with E-state index in [-0.39, 0.29) is 5.92 Å². The maximum atomic E-state index is 11.8. The highest BCUT2D eigenvalue weighted by Gasteiger charge is 2.23. The lowest BCUT2D eigenvalue weighted by atomic mass is 10.1. The summed E-state index contributed by atoms with van der Waals surface area (Å²) in [6.45, 7) is 5.34. The van der Waals surface area contributed by atoms with Crippen LogP contribution in [0.25, 0.3) is 0 Å². The molecule has 0 aliphatic carbocycles. The van der Waals surface area contributed by atoms with Gasteiger partial charge in [0.15, 0.2) is 0 Å². The number of rotatable bonds is 4. The molecule has 0 bridgehead atoms. The molecule has 19 heavy (non-hydrogen) atoms. The van der Waals surface area contributed by atoms with Crippen molar-refractivity contribution < 1.29 is 14.7 Å². The zero-order chi connectivity index (χ0) is 14.6. The van der Waals surface area contributed by atoms with Crippen molar-refractivity contribution in [2.45, 2.75) is 26.8 Å². The minimum atomic E-state index is -1.05. The van der Waals surface area contributed by atoms with Gasteiger partial charge >= 0.3 is 12.0 Å². The summed E-state index contributed by atoms with van der Waals surface area (Å²) in [5.74, 6) is -1.23. The predicted octanol–water partition coefficient (Wildman–Crippen LogP) is 2.99. The molecule has 5 nitrogen and oxygen atoms in total. The molecule has 0 fully saturated rings. The first-order valence-corrected chi connectivity index (χ1v) is 6.67. The van der Waals surface area contributed by atoms with Crippen molar-refractivity contribution in [3.05, 3.63) is 28.2 Å². The SMILES string of the molecule is Cc1c(Br)cccc1NC(=O)NC(C(=O)O)C(C)C. The Balaban J connectivity index is 2.75. The molecule has 3 N–H and O–H groups in total. The predicted molar refractivity (Wildman–Crippen MR) is 77.3 cm³/mol. The Hall–Kier alpha value is -1.56. The molecule has 104 valence electrons. The number of anilines is 1. The molecule has 0 aliphatic rings. The van der Waals surface area contributed by atoms with Crippen molar-refractivity contribution in [2.24, 2.45) is 5.92 Å². The molecule has 1 atom stereocenters. The molecular weight excluding hydrogens is 312 g/mol. The number of carbonyl (C=O) groups is 2. The van der Waals surface area contributed by atoms with E-state index in [0.717, 1.165) is 10.0 Å². The van der Waals surface area contributed by atoms with Crippen molar-refractivity contribution in [3.8, 4) is 0 Å². The van der Waals surface area contributed by atoms with E-state index in [2.05, 4.69) is 26.6 Å². The molecular formula is C13H17BrN2O3. The number of hydrogen-bond acceptors (Lipinski definition) is 2. The van der Waals surface area contributed by atoms with E-state index >= 15 is 0 Å². The van der Waals surface area contributed by atoms with Crippen molar-refractivity contribution in [1.82, 2.24) is 5.32 Å². The number of benzene rings is 1. The van der Waals surface area contributed by atoms with Crippen LogP contribution in [0.3, 0.4) is 0 Å². The van der Waals surface area contributed by atoms with Crippen LogP contribution in [0.2, 0.25) is 0 Å². The van der Waals surface area contributed by atoms with Crippen molar-refractivity contribution >= 4 is 33.6 Å². The number of carboxylic acid groups (broad SMARTS) is 1. The van der Waals surface area contributed by atoms with Crippen LogP contribution in [0.4, 0.5) is 10.5 Å². The van der Waals surface area contributed by atoms with Crippen LogP contribution < -0.4 is 10.6 Å². The second-order valence-corrected chi connectivity index (χ2v) is 5.43. The van der Waals surface area contributed by atoms with Crippen LogP contribution in [0.5, 0.6) is 0 Å². The maximum absolute atomic E-state index is 11.8. The Bertz CT molecular complexity index is 489. The third-order valence-electron chi connectivity index (χ3n) is 2.74. The Morgan fingerprint density at radius 2 is 1.95 bits per heavy atom. The van der Waals surface area contributed by atoms with Gasteiger partial charge in [-0.2, -0.15) is 0 Å². The first-order chi connectivity index (χ1) is 8.82. The van der Waals surface area contributed by atoms with Gasteiger partial charge in [0.2, 0.25) is 0 Å². The Morgan fingerprint density at radius 3 is 2.47 bits per heavy atom. The van der Waals surface area contributed by atoms with Crippen LogP contribution in [0.1, 0.15) is 19.4 Å². The van der Waals surface area contributed by atoms with E-state index in [1.54, 1.807) is 26.0 Å². The molecule has 1 unspecified atom stereocenters.